The molecule has 1 saturated heterocycles. The van der Waals surface area contributed by atoms with Crippen molar-refractivity contribution < 1.29 is 9.53 Å². The van der Waals surface area contributed by atoms with Gasteiger partial charge in [0.1, 0.15) is 5.82 Å². The summed E-state index contributed by atoms with van der Waals surface area (Å²) in [6.07, 6.45) is 1.90. The SMILES string of the molecule is CCOC(=O)C1CCCN(c2ccc3nc(CN)[nH]c3c2)C1. The number of nitrogens with one attached hydrogen (secondary N) is 1. The smallest absolute Gasteiger partial charge is 0.310 e. The highest BCUT2D eigenvalue weighted by Gasteiger charge is 2.27. The second kappa shape index (κ2) is 6.36. The van der Waals surface area contributed by atoms with Crippen molar-refractivity contribution in [1.82, 2.24) is 9.97 Å². The topological polar surface area (TPSA) is 84.2 Å². The van der Waals surface area contributed by atoms with Gasteiger partial charge in [0.05, 0.1) is 30.1 Å². The molecule has 2 heterocycles. The normalized spacial score (nSPS) is 18.6. The molecule has 1 fully saturated rings. The highest BCUT2D eigenvalue weighted by atomic mass is 16.5. The van der Waals surface area contributed by atoms with E-state index in [1.807, 2.05) is 13.0 Å². The Morgan fingerprint density at radius 2 is 2.41 bits per heavy atom. The van der Waals surface area contributed by atoms with Crippen LogP contribution in [0.15, 0.2) is 18.2 Å². The number of aromatic nitrogens is 2. The first-order valence-corrected chi connectivity index (χ1v) is 7.81. The van der Waals surface area contributed by atoms with Crippen molar-refractivity contribution in [2.45, 2.75) is 26.3 Å². The summed E-state index contributed by atoms with van der Waals surface area (Å²) in [6, 6.07) is 6.13. The Labute approximate surface area is 129 Å². The number of fused-ring (bicyclic) bond motifs is 1. The van der Waals surface area contributed by atoms with Crippen LogP contribution >= 0.6 is 0 Å². The fourth-order valence-electron chi connectivity index (χ4n) is 3.01. The molecule has 1 aliphatic heterocycles. The highest BCUT2D eigenvalue weighted by molar-refractivity contribution is 5.80. The molecule has 1 atom stereocenters. The van der Waals surface area contributed by atoms with E-state index < -0.39 is 0 Å². The zero-order chi connectivity index (χ0) is 15.5. The van der Waals surface area contributed by atoms with E-state index in [1.54, 1.807) is 0 Å². The van der Waals surface area contributed by atoms with Gasteiger partial charge in [-0.25, -0.2) is 4.98 Å². The molecule has 0 bridgehead atoms. The van der Waals surface area contributed by atoms with Crippen molar-refractivity contribution in [1.29, 1.82) is 0 Å². The number of imidazole rings is 1. The molecular weight excluding hydrogens is 280 g/mol. The van der Waals surface area contributed by atoms with Gasteiger partial charge in [-0.3, -0.25) is 4.79 Å². The van der Waals surface area contributed by atoms with Crippen LogP contribution in [-0.4, -0.2) is 35.6 Å². The molecule has 6 nitrogen and oxygen atoms in total. The third kappa shape index (κ3) is 2.92. The minimum Gasteiger partial charge on any atom is -0.466 e. The zero-order valence-electron chi connectivity index (χ0n) is 12.8. The lowest BCUT2D eigenvalue weighted by atomic mass is 9.97. The van der Waals surface area contributed by atoms with Crippen molar-refractivity contribution in [2.24, 2.45) is 11.7 Å². The summed E-state index contributed by atoms with van der Waals surface area (Å²) >= 11 is 0. The van der Waals surface area contributed by atoms with Gasteiger partial charge in [-0.2, -0.15) is 0 Å². The number of benzene rings is 1. The number of nitrogens with two attached hydrogens (primary N) is 1. The minimum atomic E-state index is -0.0831. The Kier molecular flexibility index (Phi) is 4.29. The number of hydrogen-bond donors (Lipinski definition) is 2. The van der Waals surface area contributed by atoms with E-state index in [9.17, 15) is 4.79 Å². The molecule has 0 radical (unpaired) electrons. The molecule has 1 aromatic heterocycles. The molecule has 2 aromatic rings. The van der Waals surface area contributed by atoms with Crippen LogP contribution in [0.2, 0.25) is 0 Å². The standard InChI is InChI=1S/C16H22N4O2/c1-2-22-16(21)11-4-3-7-20(10-11)12-5-6-13-14(8-12)19-15(9-17)18-13/h5-6,8,11H,2-4,7,9-10,17H2,1H3,(H,18,19). The molecule has 0 amide bonds. The van der Waals surface area contributed by atoms with E-state index in [4.69, 9.17) is 10.5 Å². The number of hydrogen-bond acceptors (Lipinski definition) is 5. The van der Waals surface area contributed by atoms with Crippen molar-refractivity contribution in [3.8, 4) is 0 Å². The maximum absolute atomic E-state index is 12.0. The molecule has 0 spiro atoms. The Morgan fingerprint density at radius 1 is 1.55 bits per heavy atom. The predicted octanol–water partition coefficient (Wildman–Crippen LogP) is 1.80. The number of anilines is 1. The molecule has 0 aliphatic carbocycles. The van der Waals surface area contributed by atoms with Gasteiger partial charge < -0.3 is 20.4 Å². The maximum atomic E-state index is 12.0. The summed E-state index contributed by atoms with van der Waals surface area (Å²) in [5, 5.41) is 0. The Hall–Kier alpha value is -2.08. The number of H-pyrrole nitrogens is 1. The fourth-order valence-corrected chi connectivity index (χ4v) is 3.01. The first-order chi connectivity index (χ1) is 10.7. The second-order valence-electron chi connectivity index (χ2n) is 5.63. The largest absolute Gasteiger partial charge is 0.466 e. The van der Waals surface area contributed by atoms with Gasteiger partial charge in [-0.15, -0.1) is 0 Å². The van der Waals surface area contributed by atoms with Crippen LogP contribution in [0.5, 0.6) is 0 Å². The van der Waals surface area contributed by atoms with Gasteiger partial charge in [0.2, 0.25) is 0 Å². The molecule has 3 N–H and O–H groups in total. The minimum absolute atomic E-state index is 0.0363. The van der Waals surface area contributed by atoms with Crippen molar-refractivity contribution >= 4 is 22.7 Å². The lowest BCUT2D eigenvalue weighted by Crippen LogP contribution is -2.39. The van der Waals surface area contributed by atoms with Crippen LogP contribution in [0.1, 0.15) is 25.6 Å². The van der Waals surface area contributed by atoms with Gasteiger partial charge in [-0.1, -0.05) is 0 Å². The van der Waals surface area contributed by atoms with Gasteiger partial charge in [-0.05, 0) is 38.0 Å². The summed E-state index contributed by atoms with van der Waals surface area (Å²) in [7, 11) is 0. The van der Waals surface area contributed by atoms with Crippen LogP contribution in [-0.2, 0) is 16.1 Å². The third-order valence-corrected chi connectivity index (χ3v) is 4.11. The Balaban J connectivity index is 1.79. The van der Waals surface area contributed by atoms with Crippen LogP contribution in [0.3, 0.4) is 0 Å². The van der Waals surface area contributed by atoms with Crippen molar-refractivity contribution in [3.05, 3.63) is 24.0 Å². The number of esters is 1. The molecule has 1 aliphatic rings. The van der Waals surface area contributed by atoms with Gasteiger partial charge in [0.15, 0.2) is 0 Å². The lowest BCUT2D eigenvalue weighted by Gasteiger charge is -2.33. The average molecular weight is 302 g/mol. The summed E-state index contributed by atoms with van der Waals surface area (Å²) < 4.78 is 5.16. The van der Waals surface area contributed by atoms with E-state index in [-0.39, 0.29) is 11.9 Å². The Bertz CT molecular complexity index is 667. The number of aromatic amines is 1. The number of carbonyl (C=O) groups excluding carboxylic acids is 1. The van der Waals surface area contributed by atoms with E-state index >= 15 is 0 Å². The quantitative estimate of drug-likeness (QED) is 0.841. The van der Waals surface area contributed by atoms with Crippen LogP contribution in [0, 0.1) is 5.92 Å². The van der Waals surface area contributed by atoms with Gasteiger partial charge in [0, 0.05) is 18.8 Å². The van der Waals surface area contributed by atoms with E-state index in [0.717, 1.165) is 41.9 Å². The summed E-state index contributed by atoms with van der Waals surface area (Å²) in [5.41, 5.74) is 8.63. The van der Waals surface area contributed by atoms with Gasteiger partial charge >= 0.3 is 5.97 Å². The Morgan fingerprint density at radius 3 is 3.18 bits per heavy atom. The zero-order valence-corrected chi connectivity index (χ0v) is 12.8. The van der Waals surface area contributed by atoms with E-state index in [1.165, 1.54) is 0 Å². The molecule has 22 heavy (non-hydrogen) atoms. The molecule has 0 saturated carbocycles. The lowest BCUT2D eigenvalue weighted by molar-refractivity contribution is -0.148. The molecule has 1 unspecified atom stereocenters. The second-order valence-corrected chi connectivity index (χ2v) is 5.63. The molecule has 118 valence electrons. The number of rotatable bonds is 4. The third-order valence-electron chi connectivity index (χ3n) is 4.11. The van der Waals surface area contributed by atoms with Crippen LogP contribution in [0.25, 0.3) is 11.0 Å². The van der Waals surface area contributed by atoms with Crippen molar-refractivity contribution in [3.63, 3.8) is 0 Å². The van der Waals surface area contributed by atoms with Crippen LogP contribution in [0.4, 0.5) is 5.69 Å². The van der Waals surface area contributed by atoms with Crippen LogP contribution < -0.4 is 10.6 Å². The summed E-state index contributed by atoms with van der Waals surface area (Å²) in [5.74, 6) is 0.668. The predicted molar refractivity (Wildman–Crippen MR) is 85.6 cm³/mol. The first-order valence-electron chi connectivity index (χ1n) is 7.81. The first kappa shape index (κ1) is 14.8. The van der Waals surface area contributed by atoms with Crippen molar-refractivity contribution in [2.75, 3.05) is 24.6 Å². The molecule has 1 aromatic carbocycles. The molecular formula is C16H22N4O2. The van der Waals surface area contributed by atoms with E-state index in [2.05, 4.69) is 27.0 Å². The number of carbonyl (C=O) groups is 1. The van der Waals surface area contributed by atoms with E-state index in [0.29, 0.717) is 19.7 Å². The van der Waals surface area contributed by atoms with Gasteiger partial charge in [0.25, 0.3) is 0 Å². The summed E-state index contributed by atoms with van der Waals surface area (Å²) in [4.78, 5) is 21.8. The fraction of sp³-hybridized carbons (Fsp3) is 0.500. The summed E-state index contributed by atoms with van der Waals surface area (Å²) in [6.45, 7) is 4.36. The maximum Gasteiger partial charge on any atom is 0.310 e. The molecule has 6 heteroatoms. The monoisotopic (exact) mass is 302 g/mol. The highest BCUT2D eigenvalue weighted by Crippen LogP contribution is 2.26. The molecule has 3 rings (SSSR count). The number of nitrogens with zero attached hydrogens (tertiary/aromatic N) is 2. The number of ether oxygens (including phenoxy) is 1. The average Bonchev–Trinajstić information content (AvgIpc) is 2.97. The number of piperidine rings is 1.